The first kappa shape index (κ1) is 14.4. The second-order valence-corrected chi connectivity index (χ2v) is 3.65. The Balaban J connectivity index is 4.04. The van der Waals surface area contributed by atoms with Crippen molar-refractivity contribution < 1.29 is 19.5 Å². The zero-order valence-electron chi connectivity index (χ0n) is 9.74. The highest BCUT2D eigenvalue weighted by atomic mass is 16.4. The number of carboxylic acid groups (broad SMARTS) is 1. The second-order valence-electron chi connectivity index (χ2n) is 3.65. The summed E-state index contributed by atoms with van der Waals surface area (Å²) in [7, 11) is 0. The Morgan fingerprint density at radius 2 is 1.75 bits per heavy atom. The van der Waals surface area contributed by atoms with E-state index >= 15 is 0 Å². The van der Waals surface area contributed by atoms with Crippen LogP contribution in [0, 0.1) is 0 Å². The van der Waals surface area contributed by atoms with Crippen LogP contribution >= 0.6 is 0 Å². The van der Waals surface area contributed by atoms with Crippen molar-refractivity contribution in [1.82, 2.24) is 10.6 Å². The van der Waals surface area contributed by atoms with Crippen molar-refractivity contribution in [2.75, 3.05) is 0 Å². The monoisotopic (exact) mass is 230 g/mol. The molecule has 0 fully saturated rings. The third kappa shape index (κ3) is 6.00. The number of amides is 2. The Morgan fingerprint density at radius 1 is 1.19 bits per heavy atom. The quantitative estimate of drug-likeness (QED) is 0.592. The van der Waals surface area contributed by atoms with Crippen molar-refractivity contribution in [3.8, 4) is 0 Å². The topological polar surface area (TPSA) is 95.5 Å². The lowest BCUT2D eigenvalue weighted by atomic mass is 10.2. The summed E-state index contributed by atoms with van der Waals surface area (Å²) in [4.78, 5) is 32.8. The molecular formula is C10H18N2O4. The third-order valence-corrected chi connectivity index (χ3v) is 1.96. The van der Waals surface area contributed by atoms with Crippen LogP contribution in [0.4, 0.5) is 0 Å². The first-order valence-corrected chi connectivity index (χ1v) is 5.18. The highest BCUT2D eigenvalue weighted by Gasteiger charge is 2.17. The molecular weight excluding hydrogens is 212 g/mol. The van der Waals surface area contributed by atoms with Gasteiger partial charge in [0.1, 0.15) is 6.04 Å². The molecule has 0 aliphatic rings. The summed E-state index contributed by atoms with van der Waals surface area (Å²) in [6, 6.07) is -1.10. The van der Waals surface area contributed by atoms with Gasteiger partial charge in [0.25, 0.3) is 0 Å². The molecule has 6 nitrogen and oxygen atoms in total. The zero-order chi connectivity index (χ0) is 12.7. The average molecular weight is 230 g/mol. The molecule has 0 aromatic rings. The molecule has 2 unspecified atom stereocenters. The SMILES string of the molecule is CCC(=O)NC(C)C(=O)NC(C)CC(=O)O. The van der Waals surface area contributed by atoms with Gasteiger partial charge in [-0.2, -0.15) is 0 Å². The van der Waals surface area contributed by atoms with Gasteiger partial charge in [0.05, 0.1) is 6.42 Å². The van der Waals surface area contributed by atoms with Crippen LogP contribution in [0.1, 0.15) is 33.6 Å². The number of carboxylic acids is 1. The van der Waals surface area contributed by atoms with E-state index in [1.807, 2.05) is 0 Å². The Morgan fingerprint density at radius 3 is 2.19 bits per heavy atom. The smallest absolute Gasteiger partial charge is 0.305 e. The fraction of sp³-hybridized carbons (Fsp3) is 0.700. The molecule has 0 spiro atoms. The second kappa shape index (κ2) is 6.81. The van der Waals surface area contributed by atoms with Crippen LogP contribution in [0.3, 0.4) is 0 Å². The summed E-state index contributed by atoms with van der Waals surface area (Å²) in [5.74, 6) is -1.57. The van der Waals surface area contributed by atoms with Crippen molar-refractivity contribution >= 4 is 17.8 Å². The van der Waals surface area contributed by atoms with Gasteiger partial charge in [0, 0.05) is 12.5 Å². The minimum absolute atomic E-state index is 0.139. The largest absolute Gasteiger partial charge is 0.481 e. The fourth-order valence-electron chi connectivity index (χ4n) is 1.09. The van der Waals surface area contributed by atoms with E-state index < -0.39 is 18.1 Å². The molecule has 0 heterocycles. The van der Waals surface area contributed by atoms with Crippen molar-refractivity contribution in [3.05, 3.63) is 0 Å². The van der Waals surface area contributed by atoms with E-state index in [4.69, 9.17) is 5.11 Å². The molecule has 3 N–H and O–H groups in total. The summed E-state index contributed by atoms with van der Waals surface area (Å²) in [5, 5.41) is 13.5. The lowest BCUT2D eigenvalue weighted by Gasteiger charge is -2.17. The standard InChI is InChI=1S/C10H18N2O4/c1-4-8(13)12-7(3)10(16)11-6(2)5-9(14)15/h6-7H,4-5H2,1-3H3,(H,11,16)(H,12,13)(H,14,15). The molecule has 92 valence electrons. The molecule has 0 rings (SSSR count). The summed E-state index contributed by atoms with van der Waals surface area (Å²) in [6.07, 6.45) is 0.169. The van der Waals surface area contributed by atoms with Crippen LogP contribution in [0.15, 0.2) is 0 Å². The number of rotatable bonds is 6. The number of nitrogens with one attached hydrogen (secondary N) is 2. The summed E-state index contributed by atoms with van der Waals surface area (Å²) in [6.45, 7) is 4.84. The van der Waals surface area contributed by atoms with Gasteiger partial charge in [-0.05, 0) is 13.8 Å². The number of hydrogen-bond acceptors (Lipinski definition) is 3. The van der Waals surface area contributed by atoms with Crippen LogP contribution in [0.2, 0.25) is 0 Å². The molecule has 0 saturated carbocycles. The molecule has 0 radical (unpaired) electrons. The fourth-order valence-corrected chi connectivity index (χ4v) is 1.09. The Hall–Kier alpha value is -1.59. The van der Waals surface area contributed by atoms with Gasteiger partial charge < -0.3 is 15.7 Å². The highest BCUT2D eigenvalue weighted by molar-refractivity contribution is 5.87. The Labute approximate surface area is 94.4 Å². The van der Waals surface area contributed by atoms with Crippen LogP contribution < -0.4 is 10.6 Å². The van der Waals surface area contributed by atoms with Gasteiger partial charge in [0.2, 0.25) is 11.8 Å². The van der Waals surface area contributed by atoms with E-state index in [1.54, 1.807) is 20.8 Å². The predicted octanol–water partition coefficient (Wildman–Crippen LogP) is -0.119. The van der Waals surface area contributed by atoms with Crippen LogP contribution in [-0.2, 0) is 14.4 Å². The van der Waals surface area contributed by atoms with E-state index in [9.17, 15) is 14.4 Å². The minimum atomic E-state index is -0.974. The average Bonchev–Trinajstić information content (AvgIpc) is 2.15. The maximum Gasteiger partial charge on any atom is 0.305 e. The molecule has 0 aliphatic heterocycles. The lowest BCUT2D eigenvalue weighted by Crippen LogP contribution is -2.47. The maximum atomic E-state index is 11.5. The van der Waals surface area contributed by atoms with Crippen molar-refractivity contribution in [2.24, 2.45) is 0 Å². The molecule has 0 aromatic carbocycles. The summed E-state index contributed by atoms with van der Waals surface area (Å²) >= 11 is 0. The van der Waals surface area contributed by atoms with E-state index in [0.717, 1.165) is 0 Å². The number of carbonyl (C=O) groups is 3. The third-order valence-electron chi connectivity index (χ3n) is 1.96. The van der Waals surface area contributed by atoms with Gasteiger partial charge in [-0.3, -0.25) is 14.4 Å². The van der Waals surface area contributed by atoms with E-state index in [2.05, 4.69) is 10.6 Å². The van der Waals surface area contributed by atoms with Crippen LogP contribution in [0.5, 0.6) is 0 Å². The molecule has 0 saturated heterocycles. The molecule has 0 aliphatic carbocycles. The maximum absolute atomic E-state index is 11.5. The molecule has 0 aromatic heterocycles. The van der Waals surface area contributed by atoms with Crippen molar-refractivity contribution in [3.63, 3.8) is 0 Å². The highest BCUT2D eigenvalue weighted by Crippen LogP contribution is 1.92. The molecule has 2 atom stereocenters. The van der Waals surface area contributed by atoms with Crippen LogP contribution in [0.25, 0.3) is 0 Å². The van der Waals surface area contributed by atoms with Crippen LogP contribution in [-0.4, -0.2) is 35.0 Å². The van der Waals surface area contributed by atoms with Gasteiger partial charge in [-0.25, -0.2) is 0 Å². The Bertz CT molecular complexity index is 278. The normalized spacial score (nSPS) is 13.7. The van der Waals surface area contributed by atoms with E-state index in [0.29, 0.717) is 6.42 Å². The van der Waals surface area contributed by atoms with Gasteiger partial charge in [0.15, 0.2) is 0 Å². The van der Waals surface area contributed by atoms with Gasteiger partial charge >= 0.3 is 5.97 Å². The number of aliphatic carboxylic acids is 1. The van der Waals surface area contributed by atoms with E-state index in [1.165, 1.54) is 0 Å². The van der Waals surface area contributed by atoms with Crippen molar-refractivity contribution in [2.45, 2.75) is 45.7 Å². The molecule has 0 bridgehead atoms. The summed E-state index contributed by atoms with van der Waals surface area (Å²) < 4.78 is 0. The van der Waals surface area contributed by atoms with E-state index in [-0.39, 0.29) is 18.2 Å². The van der Waals surface area contributed by atoms with Crippen molar-refractivity contribution in [1.29, 1.82) is 0 Å². The minimum Gasteiger partial charge on any atom is -0.481 e. The predicted molar refractivity (Wildman–Crippen MR) is 57.8 cm³/mol. The Kier molecular flexibility index (Phi) is 6.14. The molecule has 6 heteroatoms. The first-order chi connectivity index (χ1) is 7.36. The lowest BCUT2D eigenvalue weighted by molar-refractivity contribution is -0.137. The summed E-state index contributed by atoms with van der Waals surface area (Å²) in [5.41, 5.74) is 0. The number of hydrogen-bond donors (Lipinski definition) is 3. The molecule has 2 amide bonds. The molecule has 16 heavy (non-hydrogen) atoms. The first-order valence-electron chi connectivity index (χ1n) is 5.18. The van der Waals surface area contributed by atoms with Gasteiger partial charge in [-0.15, -0.1) is 0 Å². The number of carbonyl (C=O) groups excluding carboxylic acids is 2. The van der Waals surface area contributed by atoms with Gasteiger partial charge in [-0.1, -0.05) is 6.92 Å². The zero-order valence-corrected chi connectivity index (χ0v) is 9.74.